The van der Waals surface area contributed by atoms with Gasteiger partial charge in [0.05, 0.1) is 11.1 Å². The van der Waals surface area contributed by atoms with Gasteiger partial charge in [-0.25, -0.2) is 0 Å². The number of phenols is 1. The fraction of sp³-hybridized carbons (Fsp3) is 0.0476. The molecule has 0 saturated heterocycles. The zero-order valence-corrected chi connectivity index (χ0v) is 15.3. The highest BCUT2D eigenvalue weighted by atomic mass is 35.5. The molecule has 3 aromatic carbocycles. The van der Waals surface area contributed by atoms with Crippen LogP contribution in [0.1, 0.15) is 37.4 Å². The monoisotopic (exact) mass is 384 g/mol. The van der Waals surface area contributed by atoms with E-state index in [4.69, 9.17) is 23.2 Å². The summed E-state index contributed by atoms with van der Waals surface area (Å²) in [6, 6.07) is 16.0. The van der Waals surface area contributed by atoms with Crippen molar-refractivity contribution in [2.75, 3.05) is 0 Å². The molecule has 26 heavy (non-hydrogen) atoms. The smallest absolute Gasteiger partial charge is 0.196 e. The first kappa shape index (κ1) is 18.2. The molecule has 0 atom stereocenters. The fourth-order valence-corrected chi connectivity index (χ4v) is 3.08. The van der Waals surface area contributed by atoms with Crippen LogP contribution in [0, 0.1) is 6.92 Å². The zero-order valence-electron chi connectivity index (χ0n) is 13.8. The molecule has 0 bridgehead atoms. The van der Waals surface area contributed by atoms with Gasteiger partial charge < -0.3 is 5.11 Å². The van der Waals surface area contributed by atoms with Gasteiger partial charge in [-0.2, -0.15) is 0 Å². The maximum absolute atomic E-state index is 12.8. The molecule has 0 fully saturated rings. The molecular weight excluding hydrogens is 371 g/mol. The molecule has 3 rings (SSSR count). The number of aromatic hydroxyl groups is 1. The lowest BCUT2D eigenvalue weighted by Gasteiger charge is -2.11. The number of ketones is 2. The van der Waals surface area contributed by atoms with Gasteiger partial charge in [-0.05, 0) is 48.9 Å². The molecule has 0 heterocycles. The third-order valence-electron chi connectivity index (χ3n) is 3.92. The van der Waals surface area contributed by atoms with E-state index < -0.39 is 11.6 Å². The molecule has 0 saturated carbocycles. The molecule has 0 radical (unpaired) electrons. The first-order valence-electron chi connectivity index (χ1n) is 7.81. The van der Waals surface area contributed by atoms with Gasteiger partial charge >= 0.3 is 0 Å². The molecule has 1 N–H and O–H groups in total. The van der Waals surface area contributed by atoms with Crippen LogP contribution < -0.4 is 0 Å². The summed E-state index contributed by atoms with van der Waals surface area (Å²) < 4.78 is 0. The number of carbonyl (C=O) groups excluding carboxylic acids is 2. The highest BCUT2D eigenvalue weighted by Crippen LogP contribution is 2.30. The SMILES string of the molecule is Cc1cc(C(=O)c2cccc(Cl)c2)c(O)c(C(=O)c2cccc(Cl)c2)c1. The number of hydrogen-bond donors (Lipinski definition) is 1. The van der Waals surface area contributed by atoms with Crippen LogP contribution in [0.3, 0.4) is 0 Å². The predicted octanol–water partition coefficient (Wildman–Crippen LogP) is 5.47. The Morgan fingerprint density at radius 2 is 1.19 bits per heavy atom. The van der Waals surface area contributed by atoms with Crippen LogP contribution in [0.4, 0.5) is 0 Å². The van der Waals surface area contributed by atoms with Gasteiger partial charge in [0.1, 0.15) is 5.75 Å². The topological polar surface area (TPSA) is 54.4 Å². The second-order valence-electron chi connectivity index (χ2n) is 5.89. The Morgan fingerprint density at radius 3 is 1.58 bits per heavy atom. The molecule has 0 aliphatic rings. The van der Waals surface area contributed by atoms with Crippen molar-refractivity contribution in [2.24, 2.45) is 0 Å². The molecule has 0 aromatic heterocycles. The van der Waals surface area contributed by atoms with Crippen LogP contribution in [0.15, 0.2) is 60.7 Å². The molecule has 130 valence electrons. The molecule has 0 aliphatic carbocycles. The summed E-state index contributed by atoms with van der Waals surface area (Å²) >= 11 is 11.9. The van der Waals surface area contributed by atoms with E-state index in [1.807, 2.05) is 0 Å². The Labute approximate surface area is 160 Å². The van der Waals surface area contributed by atoms with E-state index in [0.717, 1.165) is 0 Å². The summed E-state index contributed by atoms with van der Waals surface area (Å²) in [6.45, 7) is 1.75. The standard InChI is InChI=1S/C21H14Cl2O3/c1-12-8-17(19(24)13-4-2-6-15(22)10-13)21(26)18(9-12)20(25)14-5-3-7-16(23)11-14/h2-11,26H,1H3. The Bertz CT molecular complexity index is 947. The summed E-state index contributed by atoms with van der Waals surface area (Å²) in [5.74, 6) is -1.17. The van der Waals surface area contributed by atoms with Gasteiger partial charge in [0.2, 0.25) is 0 Å². The summed E-state index contributed by atoms with van der Waals surface area (Å²) in [5, 5.41) is 11.4. The van der Waals surface area contributed by atoms with Crippen molar-refractivity contribution in [3.63, 3.8) is 0 Å². The Morgan fingerprint density at radius 1 is 0.769 bits per heavy atom. The minimum atomic E-state index is -0.408. The quantitative estimate of drug-likeness (QED) is 0.606. The van der Waals surface area contributed by atoms with Crippen LogP contribution in [0.2, 0.25) is 10.0 Å². The van der Waals surface area contributed by atoms with E-state index in [1.54, 1.807) is 55.5 Å². The van der Waals surface area contributed by atoms with Gasteiger partial charge in [0.25, 0.3) is 0 Å². The second kappa shape index (κ2) is 7.32. The minimum Gasteiger partial charge on any atom is -0.506 e. The van der Waals surface area contributed by atoms with Crippen molar-refractivity contribution >= 4 is 34.8 Å². The maximum atomic E-state index is 12.8. The summed E-state index contributed by atoms with van der Waals surface area (Å²) in [6.07, 6.45) is 0. The lowest BCUT2D eigenvalue weighted by atomic mass is 9.94. The van der Waals surface area contributed by atoms with E-state index in [-0.39, 0.29) is 16.9 Å². The van der Waals surface area contributed by atoms with Crippen LogP contribution in [0.25, 0.3) is 0 Å². The first-order valence-corrected chi connectivity index (χ1v) is 8.56. The summed E-state index contributed by atoms with van der Waals surface area (Å²) in [5.41, 5.74) is 1.45. The molecule has 0 amide bonds. The minimum absolute atomic E-state index is 0.0534. The molecule has 0 spiro atoms. The summed E-state index contributed by atoms with van der Waals surface area (Å²) in [7, 11) is 0. The Hall–Kier alpha value is -2.62. The van der Waals surface area contributed by atoms with Crippen LogP contribution in [0.5, 0.6) is 5.75 Å². The predicted molar refractivity (Wildman–Crippen MR) is 103 cm³/mol. The average molecular weight is 385 g/mol. The molecule has 5 heteroatoms. The largest absolute Gasteiger partial charge is 0.506 e. The average Bonchev–Trinajstić information content (AvgIpc) is 2.62. The van der Waals surface area contributed by atoms with Gasteiger partial charge in [0.15, 0.2) is 11.6 Å². The lowest BCUT2D eigenvalue weighted by molar-refractivity contribution is 0.103. The van der Waals surface area contributed by atoms with Crippen molar-refractivity contribution < 1.29 is 14.7 Å². The Kier molecular flexibility index (Phi) is 5.12. The van der Waals surface area contributed by atoms with E-state index >= 15 is 0 Å². The number of halogens is 2. The van der Waals surface area contributed by atoms with Gasteiger partial charge in [-0.1, -0.05) is 47.5 Å². The van der Waals surface area contributed by atoms with Crippen LogP contribution in [-0.4, -0.2) is 16.7 Å². The van der Waals surface area contributed by atoms with Crippen molar-refractivity contribution in [2.45, 2.75) is 6.92 Å². The lowest BCUT2D eigenvalue weighted by Crippen LogP contribution is -2.08. The Balaban J connectivity index is 2.09. The molecule has 0 aliphatic heterocycles. The number of phenolic OH excluding ortho intramolecular Hbond substituents is 1. The highest BCUT2D eigenvalue weighted by molar-refractivity contribution is 6.31. The third-order valence-corrected chi connectivity index (χ3v) is 4.39. The first-order chi connectivity index (χ1) is 12.4. The normalized spacial score (nSPS) is 10.6. The van der Waals surface area contributed by atoms with Crippen molar-refractivity contribution in [3.8, 4) is 5.75 Å². The van der Waals surface area contributed by atoms with E-state index in [1.165, 1.54) is 12.1 Å². The van der Waals surface area contributed by atoms with Gasteiger partial charge in [0, 0.05) is 21.2 Å². The number of hydrogen-bond acceptors (Lipinski definition) is 3. The second-order valence-corrected chi connectivity index (χ2v) is 6.76. The highest BCUT2D eigenvalue weighted by Gasteiger charge is 2.22. The molecule has 3 nitrogen and oxygen atoms in total. The molecule has 0 unspecified atom stereocenters. The summed E-state index contributed by atoms with van der Waals surface area (Å²) in [4.78, 5) is 25.6. The van der Waals surface area contributed by atoms with E-state index in [2.05, 4.69) is 0 Å². The molecule has 3 aromatic rings. The fourth-order valence-electron chi connectivity index (χ4n) is 2.70. The number of rotatable bonds is 4. The number of carbonyl (C=O) groups is 2. The van der Waals surface area contributed by atoms with Crippen LogP contribution in [-0.2, 0) is 0 Å². The third kappa shape index (κ3) is 3.64. The maximum Gasteiger partial charge on any atom is 0.196 e. The van der Waals surface area contributed by atoms with E-state index in [0.29, 0.717) is 26.7 Å². The number of benzene rings is 3. The zero-order chi connectivity index (χ0) is 18.8. The van der Waals surface area contributed by atoms with E-state index in [9.17, 15) is 14.7 Å². The van der Waals surface area contributed by atoms with Crippen molar-refractivity contribution in [3.05, 3.63) is 98.5 Å². The van der Waals surface area contributed by atoms with Crippen molar-refractivity contribution in [1.82, 2.24) is 0 Å². The van der Waals surface area contributed by atoms with Crippen molar-refractivity contribution in [1.29, 1.82) is 0 Å². The van der Waals surface area contributed by atoms with Gasteiger partial charge in [-0.15, -0.1) is 0 Å². The number of aryl methyl sites for hydroxylation is 1. The van der Waals surface area contributed by atoms with Crippen LogP contribution >= 0.6 is 23.2 Å². The van der Waals surface area contributed by atoms with Gasteiger partial charge in [-0.3, -0.25) is 9.59 Å². The molecular formula is C21H14Cl2O3.